The van der Waals surface area contributed by atoms with Gasteiger partial charge in [-0.15, -0.1) is 20.0 Å². The van der Waals surface area contributed by atoms with E-state index in [4.69, 9.17) is 0 Å². The minimum absolute atomic E-state index is 0.0165. The van der Waals surface area contributed by atoms with Gasteiger partial charge in [0.25, 0.3) is 5.91 Å². The standard InChI is InChI=1S/C24H25N7O3/c1-3-7-20(32)23-27-31(21(33)8-4-2)24(34)30(23)15-16-11-13-17(14-12-16)18-9-5-6-10-19(18)22-25-28-29-26-22/h5-6,9-14H,3-4,7-8,15H2,1-2H3,(H,25,26,28,29). The second kappa shape index (κ2) is 10.2. The van der Waals surface area contributed by atoms with Gasteiger partial charge in [0.1, 0.15) is 0 Å². The van der Waals surface area contributed by atoms with Crippen molar-refractivity contribution in [2.45, 2.75) is 46.1 Å². The Kier molecular flexibility index (Phi) is 6.86. The van der Waals surface area contributed by atoms with Gasteiger partial charge in [0.15, 0.2) is 5.78 Å². The van der Waals surface area contributed by atoms with Crippen molar-refractivity contribution in [3.63, 3.8) is 0 Å². The van der Waals surface area contributed by atoms with Gasteiger partial charge in [-0.3, -0.25) is 14.2 Å². The number of nitrogens with one attached hydrogen (secondary N) is 1. The van der Waals surface area contributed by atoms with Crippen molar-refractivity contribution in [3.8, 4) is 22.5 Å². The SMILES string of the molecule is CCCC(=O)c1nn(C(=O)CCC)c(=O)n1Cc1ccc(-c2ccccc2-c2nn[nH]n2)cc1. The van der Waals surface area contributed by atoms with E-state index in [9.17, 15) is 14.4 Å². The van der Waals surface area contributed by atoms with Crippen molar-refractivity contribution in [1.29, 1.82) is 0 Å². The Labute approximate surface area is 195 Å². The molecule has 174 valence electrons. The molecular weight excluding hydrogens is 434 g/mol. The molecule has 1 N–H and O–H groups in total. The molecule has 0 amide bonds. The Hall–Kier alpha value is -4.21. The second-order valence-corrected chi connectivity index (χ2v) is 7.90. The molecule has 4 aromatic rings. The first-order chi connectivity index (χ1) is 16.5. The van der Waals surface area contributed by atoms with E-state index in [2.05, 4.69) is 25.7 Å². The molecule has 0 aliphatic carbocycles. The van der Waals surface area contributed by atoms with E-state index in [1.807, 2.05) is 62.4 Å². The molecule has 10 nitrogen and oxygen atoms in total. The van der Waals surface area contributed by atoms with Crippen molar-refractivity contribution in [1.82, 2.24) is 35.0 Å². The lowest BCUT2D eigenvalue weighted by molar-refractivity contribution is 0.0880. The third kappa shape index (κ3) is 4.61. The van der Waals surface area contributed by atoms with Crippen molar-refractivity contribution in [3.05, 3.63) is 70.4 Å². The van der Waals surface area contributed by atoms with Gasteiger partial charge >= 0.3 is 5.69 Å². The quantitative estimate of drug-likeness (QED) is 0.380. The molecule has 0 saturated carbocycles. The smallest absolute Gasteiger partial charge is 0.291 e. The highest BCUT2D eigenvalue weighted by Crippen LogP contribution is 2.29. The van der Waals surface area contributed by atoms with Gasteiger partial charge < -0.3 is 0 Å². The summed E-state index contributed by atoms with van der Waals surface area (Å²) in [5, 5.41) is 18.3. The molecule has 0 fully saturated rings. The minimum atomic E-state index is -0.593. The highest BCUT2D eigenvalue weighted by Gasteiger charge is 2.22. The number of tetrazole rings is 1. The van der Waals surface area contributed by atoms with E-state index in [1.165, 1.54) is 4.57 Å². The molecule has 0 spiro atoms. The number of aromatic nitrogens is 7. The van der Waals surface area contributed by atoms with E-state index >= 15 is 0 Å². The van der Waals surface area contributed by atoms with Crippen LogP contribution in [0.3, 0.4) is 0 Å². The van der Waals surface area contributed by atoms with E-state index in [0.29, 0.717) is 18.7 Å². The van der Waals surface area contributed by atoms with Crippen LogP contribution < -0.4 is 5.69 Å². The Morgan fingerprint density at radius 3 is 2.29 bits per heavy atom. The summed E-state index contributed by atoms with van der Waals surface area (Å²) in [6.45, 7) is 3.86. The number of Topliss-reactive ketones (excluding diaryl/α,β-unsaturated/α-hetero) is 1. The molecule has 0 radical (unpaired) electrons. The largest absolute Gasteiger partial charge is 0.353 e. The summed E-state index contributed by atoms with van der Waals surface area (Å²) in [5.74, 6) is -0.157. The predicted molar refractivity (Wildman–Crippen MR) is 125 cm³/mol. The van der Waals surface area contributed by atoms with Gasteiger partial charge in [-0.05, 0) is 34.7 Å². The molecular formula is C24H25N7O3. The average molecular weight is 460 g/mol. The first-order valence-electron chi connectivity index (χ1n) is 11.2. The minimum Gasteiger partial charge on any atom is -0.291 e. The number of benzene rings is 2. The Bertz CT molecular complexity index is 1350. The second-order valence-electron chi connectivity index (χ2n) is 7.90. The summed E-state index contributed by atoms with van der Waals surface area (Å²) in [4.78, 5) is 37.9. The van der Waals surface area contributed by atoms with E-state index in [1.54, 1.807) is 0 Å². The normalized spacial score (nSPS) is 11.0. The summed E-state index contributed by atoms with van der Waals surface area (Å²) in [7, 11) is 0. The maximum Gasteiger partial charge on any atom is 0.353 e. The van der Waals surface area contributed by atoms with Crippen molar-refractivity contribution in [2.24, 2.45) is 0 Å². The van der Waals surface area contributed by atoms with Gasteiger partial charge in [-0.25, -0.2) is 4.79 Å². The summed E-state index contributed by atoms with van der Waals surface area (Å²) in [5.41, 5.74) is 2.92. The number of ketones is 1. The van der Waals surface area contributed by atoms with Crippen LogP contribution in [0.5, 0.6) is 0 Å². The van der Waals surface area contributed by atoms with Crippen molar-refractivity contribution >= 4 is 11.7 Å². The zero-order valence-corrected chi connectivity index (χ0v) is 19.1. The van der Waals surface area contributed by atoms with E-state index in [0.717, 1.165) is 26.9 Å². The van der Waals surface area contributed by atoms with Crippen LogP contribution in [0.4, 0.5) is 0 Å². The van der Waals surface area contributed by atoms with Crippen LogP contribution in [0.25, 0.3) is 22.5 Å². The van der Waals surface area contributed by atoms with E-state index in [-0.39, 0.29) is 31.0 Å². The van der Waals surface area contributed by atoms with Crippen LogP contribution in [0, 0.1) is 0 Å². The van der Waals surface area contributed by atoms with Crippen molar-refractivity contribution in [2.75, 3.05) is 0 Å². The molecule has 2 heterocycles. The average Bonchev–Trinajstić information content (AvgIpc) is 3.49. The van der Waals surface area contributed by atoms with Gasteiger partial charge in [0.2, 0.25) is 11.6 Å². The van der Waals surface area contributed by atoms with Gasteiger partial charge in [-0.2, -0.15) is 5.21 Å². The molecule has 2 aromatic heterocycles. The Morgan fingerprint density at radius 2 is 1.65 bits per heavy atom. The van der Waals surface area contributed by atoms with Crippen LogP contribution in [-0.2, 0) is 6.54 Å². The number of aromatic amines is 1. The van der Waals surface area contributed by atoms with Crippen molar-refractivity contribution < 1.29 is 9.59 Å². The number of hydrogen-bond donors (Lipinski definition) is 1. The predicted octanol–water partition coefficient (Wildman–Crippen LogP) is 3.36. The zero-order chi connectivity index (χ0) is 24.1. The number of H-pyrrole nitrogens is 1. The maximum absolute atomic E-state index is 13.0. The lowest BCUT2D eigenvalue weighted by Crippen LogP contribution is -2.30. The van der Waals surface area contributed by atoms with Crippen LogP contribution >= 0.6 is 0 Å². The fourth-order valence-corrected chi connectivity index (χ4v) is 3.74. The third-order valence-corrected chi connectivity index (χ3v) is 5.41. The number of nitrogens with zero attached hydrogens (tertiary/aromatic N) is 6. The first-order valence-corrected chi connectivity index (χ1v) is 11.2. The van der Waals surface area contributed by atoms with Crippen LogP contribution in [0.15, 0.2) is 53.3 Å². The van der Waals surface area contributed by atoms with Crippen LogP contribution in [-0.4, -0.2) is 46.7 Å². The Balaban J connectivity index is 1.66. The molecule has 4 rings (SSSR count). The van der Waals surface area contributed by atoms with Crippen LogP contribution in [0.2, 0.25) is 0 Å². The summed E-state index contributed by atoms with van der Waals surface area (Å²) >= 11 is 0. The molecule has 0 aliphatic rings. The topological polar surface area (TPSA) is 128 Å². The number of rotatable bonds is 9. The summed E-state index contributed by atoms with van der Waals surface area (Å²) in [6, 6.07) is 15.3. The lowest BCUT2D eigenvalue weighted by Gasteiger charge is -2.09. The number of hydrogen-bond acceptors (Lipinski definition) is 7. The molecule has 2 aromatic carbocycles. The molecule has 10 heteroatoms. The lowest BCUT2D eigenvalue weighted by atomic mass is 9.98. The number of carbonyl (C=O) groups is 2. The maximum atomic E-state index is 13.0. The highest BCUT2D eigenvalue weighted by atomic mass is 16.2. The monoisotopic (exact) mass is 459 g/mol. The van der Waals surface area contributed by atoms with Crippen LogP contribution in [0.1, 0.15) is 60.5 Å². The molecule has 0 atom stereocenters. The molecule has 0 aliphatic heterocycles. The molecule has 0 unspecified atom stereocenters. The zero-order valence-electron chi connectivity index (χ0n) is 19.1. The van der Waals surface area contributed by atoms with Gasteiger partial charge in [0.05, 0.1) is 6.54 Å². The molecule has 34 heavy (non-hydrogen) atoms. The first kappa shape index (κ1) is 23.0. The van der Waals surface area contributed by atoms with Gasteiger partial charge in [0, 0.05) is 18.4 Å². The van der Waals surface area contributed by atoms with E-state index < -0.39 is 11.6 Å². The highest BCUT2D eigenvalue weighted by molar-refractivity contribution is 5.93. The van der Waals surface area contributed by atoms with Gasteiger partial charge in [-0.1, -0.05) is 62.4 Å². The summed E-state index contributed by atoms with van der Waals surface area (Å²) < 4.78 is 2.11. The Morgan fingerprint density at radius 1 is 0.941 bits per heavy atom. The molecule has 0 bridgehead atoms. The summed E-state index contributed by atoms with van der Waals surface area (Å²) in [6.07, 6.45) is 1.65. The number of carbonyl (C=O) groups excluding carboxylic acids is 2. The third-order valence-electron chi connectivity index (χ3n) is 5.41. The molecule has 0 saturated heterocycles. The fraction of sp³-hybridized carbons (Fsp3) is 0.292. The fourth-order valence-electron chi connectivity index (χ4n) is 3.74.